The Hall–Kier alpha value is -2.38. The number of hydrogen-bond acceptors (Lipinski definition) is 3. The molecule has 0 spiro atoms. The Morgan fingerprint density at radius 3 is 2.56 bits per heavy atom. The highest BCUT2D eigenvalue weighted by Gasteiger charge is 1.99. The van der Waals surface area contributed by atoms with Gasteiger partial charge in [-0.25, -0.2) is 9.79 Å². The molecule has 2 aromatic carbocycles. The fraction of sp³-hybridized carbons (Fsp3) is 0.133. The lowest BCUT2D eigenvalue weighted by Gasteiger charge is -2.05. The Morgan fingerprint density at radius 2 is 1.89 bits per heavy atom. The van der Waals surface area contributed by atoms with Gasteiger partial charge in [-0.05, 0) is 28.8 Å². The molecule has 18 heavy (non-hydrogen) atoms. The van der Waals surface area contributed by atoms with Gasteiger partial charge in [0, 0.05) is 0 Å². The van der Waals surface area contributed by atoms with Crippen LogP contribution in [0.4, 0.5) is 0 Å². The van der Waals surface area contributed by atoms with Crippen molar-refractivity contribution in [2.24, 2.45) is 4.99 Å². The van der Waals surface area contributed by atoms with E-state index >= 15 is 0 Å². The van der Waals surface area contributed by atoms with E-state index in [2.05, 4.69) is 4.99 Å². The van der Waals surface area contributed by atoms with E-state index in [0.717, 1.165) is 22.4 Å². The van der Waals surface area contributed by atoms with Gasteiger partial charge >= 0.3 is 0 Å². The van der Waals surface area contributed by atoms with E-state index in [-0.39, 0.29) is 0 Å². The fourth-order valence-corrected chi connectivity index (χ4v) is 1.73. The molecule has 0 saturated heterocycles. The van der Waals surface area contributed by atoms with Crippen LogP contribution in [0.1, 0.15) is 5.56 Å². The third-order valence-electron chi connectivity index (χ3n) is 2.68. The van der Waals surface area contributed by atoms with Crippen molar-refractivity contribution >= 4 is 6.08 Å². The van der Waals surface area contributed by atoms with Crippen LogP contribution in [-0.4, -0.2) is 13.2 Å². The molecule has 0 aliphatic heterocycles. The van der Waals surface area contributed by atoms with Gasteiger partial charge < -0.3 is 4.74 Å². The smallest absolute Gasteiger partial charge is 0.235 e. The summed E-state index contributed by atoms with van der Waals surface area (Å²) in [5.41, 5.74) is 3.19. The van der Waals surface area contributed by atoms with Crippen LogP contribution in [0.25, 0.3) is 11.1 Å². The van der Waals surface area contributed by atoms with Gasteiger partial charge in [0.25, 0.3) is 0 Å². The van der Waals surface area contributed by atoms with Crippen LogP contribution in [-0.2, 0) is 11.3 Å². The highest BCUT2D eigenvalue weighted by atomic mass is 16.5. The molecule has 2 aromatic rings. The molecule has 0 N–H and O–H groups in total. The summed E-state index contributed by atoms with van der Waals surface area (Å²) in [4.78, 5) is 13.6. The largest absolute Gasteiger partial charge is 0.497 e. The van der Waals surface area contributed by atoms with Gasteiger partial charge in [-0.2, -0.15) is 0 Å². The maximum absolute atomic E-state index is 10.0. The first kappa shape index (κ1) is 12.1. The van der Waals surface area contributed by atoms with E-state index in [1.54, 1.807) is 7.11 Å². The third kappa shape index (κ3) is 2.84. The molecule has 3 heteroatoms. The molecule has 0 amide bonds. The van der Waals surface area contributed by atoms with Crippen molar-refractivity contribution in [1.82, 2.24) is 0 Å². The predicted molar refractivity (Wildman–Crippen MR) is 70.3 cm³/mol. The molecule has 0 unspecified atom stereocenters. The highest BCUT2D eigenvalue weighted by molar-refractivity contribution is 5.65. The van der Waals surface area contributed by atoms with Crippen molar-refractivity contribution < 1.29 is 9.53 Å². The zero-order chi connectivity index (χ0) is 12.8. The second-order valence-corrected chi connectivity index (χ2v) is 3.84. The van der Waals surface area contributed by atoms with Crippen molar-refractivity contribution in [3.63, 3.8) is 0 Å². The first-order valence-electron chi connectivity index (χ1n) is 5.60. The first-order chi connectivity index (χ1) is 8.83. The van der Waals surface area contributed by atoms with Crippen molar-refractivity contribution in [1.29, 1.82) is 0 Å². The summed E-state index contributed by atoms with van der Waals surface area (Å²) in [6.07, 6.45) is 1.54. The van der Waals surface area contributed by atoms with Crippen molar-refractivity contribution in [3.05, 3.63) is 54.1 Å². The van der Waals surface area contributed by atoms with Gasteiger partial charge in [0.2, 0.25) is 6.08 Å². The second-order valence-electron chi connectivity index (χ2n) is 3.84. The lowest BCUT2D eigenvalue weighted by atomic mass is 10.0. The normalized spacial score (nSPS) is 9.61. The summed E-state index contributed by atoms with van der Waals surface area (Å²) >= 11 is 0. The molecule has 3 nitrogen and oxygen atoms in total. The van der Waals surface area contributed by atoms with Gasteiger partial charge in [0.05, 0.1) is 13.7 Å². The molecule has 0 fully saturated rings. The molecule has 2 rings (SSSR count). The number of aliphatic imine (C=N–C) groups is 1. The molecular weight excluding hydrogens is 226 g/mol. The standard InChI is InChI=1S/C15H13NO2/c1-18-15-4-2-3-14(9-15)13-7-5-12(6-8-13)10-16-11-17/h2-9H,10H2,1H3. The number of ether oxygens (including phenoxy) is 1. The molecule has 0 radical (unpaired) electrons. The van der Waals surface area contributed by atoms with Crippen LogP contribution < -0.4 is 4.74 Å². The zero-order valence-corrected chi connectivity index (χ0v) is 10.1. The van der Waals surface area contributed by atoms with Crippen molar-refractivity contribution in [2.75, 3.05) is 7.11 Å². The Morgan fingerprint density at radius 1 is 1.11 bits per heavy atom. The average molecular weight is 239 g/mol. The van der Waals surface area contributed by atoms with Crippen molar-refractivity contribution in [2.45, 2.75) is 6.54 Å². The van der Waals surface area contributed by atoms with E-state index in [1.165, 1.54) is 6.08 Å². The van der Waals surface area contributed by atoms with Gasteiger partial charge in [-0.3, -0.25) is 0 Å². The minimum atomic E-state index is 0.377. The van der Waals surface area contributed by atoms with Crippen molar-refractivity contribution in [3.8, 4) is 16.9 Å². The van der Waals surface area contributed by atoms with Crippen LogP contribution in [0.5, 0.6) is 5.75 Å². The maximum Gasteiger partial charge on any atom is 0.235 e. The second kappa shape index (κ2) is 5.80. The number of hydrogen-bond donors (Lipinski definition) is 0. The predicted octanol–water partition coefficient (Wildman–Crippen LogP) is 3.20. The minimum Gasteiger partial charge on any atom is -0.497 e. The average Bonchev–Trinajstić information content (AvgIpc) is 2.46. The quantitative estimate of drug-likeness (QED) is 0.607. The maximum atomic E-state index is 10.0. The minimum absolute atomic E-state index is 0.377. The molecule has 0 aliphatic rings. The molecule has 0 saturated carbocycles. The van der Waals surface area contributed by atoms with Crippen LogP contribution >= 0.6 is 0 Å². The lowest BCUT2D eigenvalue weighted by Crippen LogP contribution is -1.85. The van der Waals surface area contributed by atoms with E-state index in [9.17, 15) is 4.79 Å². The van der Waals surface area contributed by atoms with Gasteiger partial charge in [-0.15, -0.1) is 0 Å². The van der Waals surface area contributed by atoms with E-state index in [0.29, 0.717) is 6.54 Å². The molecule has 0 heterocycles. The molecular formula is C15H13NO2. The molecule has 0 atom stereocenters. The van der Waals surface area contributed by atoms with Gasteiger partial charge in [-0.1, -0.05) is 36.4 Å². The molecule has 0 aliphatic carbocycles. The summed E-state index contributed by atoms with van der Waals surface area (Å²) < 4.78 is 5.20. The Labute approximate surface area is 106 Å². The molecule has 0 bridgehead atoms. The fourth-order valence-electron chi connectivity index (χ4n) is 1.73. The summed E-state index contributed by atoms with van der Waals surface area (Å²) in [5, 5.41) is 0. The zero-order valence-electron chi connectivity index (χ0n) is 10.1. The number of methoxy groups -OCH3 is 1. The van der Waals surface area contributed by atoms with Gasteiger partial charge in [0.15, 0.2) is 0 Å². The number of nitrogens with zero attached hydrogens (tertiary/aromatic N) is 1. The molecule has 0 aromatic heterocycles. The summed E-state index contributed by atoms with van der Waals surface area (Å²) in [5.74, 6) is 0.835. The monoisotopic (exact) mass is 239 g/mol. The lowest BCUT2D eigenvalue weighted by molar-refractivity contribution is 0.415. The van der Waals surface area contributed by atoms with Crippen LogP contribution in [0.2, 0.25) is 0 Å². The van der Waals surface area contributed by atoms with E-state index < -0.39 is 0 Å². The Bertz CT molecular complexity index is 569. The topological polar surface area (TPSA) is 38.7 Å². The van der Waals surface area contributed by atoms with Gasteiger partial charge in [0.1, 0.15) is 5.75 Å². The summed E-state index contributed by atoms with van der Waals surface area (Å²) in [6, 6.07) is 15.8. The molecule has 90 valence electrons. The third-order valence-corrected chi connectivity index (χ3v) is 2.68. The van der Waals surface area contributed by atoms with Crippen LogP contribution in [0.3, 0.4) is 0 Å². The summed E-state index contributed by atoms with van der Waals surface area (Å²) in [7, 11) is 1.65. The van der Waals surface area contributed by atoms with E-state index in [4.69, 9.17) is 4.74 Å². The highest BCUT2D eigenvalue weighted by Crippen LogP contribution is 2.24. The van der Waals surface area contributed by atoms with Crippen LogP contribution in [0.15, 0.2) is 53.5 Å². The Kier molecular flexibility index (Phi) is 3.90. The number of rotatable bonds is 4. The summed E-state index contributed by atoms with van der Waals surface area (Å²) in [6.45, 7) is 0.377. The number of carbonyl (C=O) groups excluding carboxylic acids is 1. The van der Waals surface area contributed by atoms with E-state index in [1.807, 2.05) is 48.5 Å². The Balaban J connectivity index is 2.25. The number of isocyanates is 1. The first-order valence-corrected chi connectivity index (χ1v) is 5.60. The number of benzene rings is 2. The van der Waals surface area contributed by atoms with Crippen LogP contribution in [0, 0.1) is 0 Å². The SMILES string of the molecule is COc1cccc(-c2ccc(CN=C=O)cc2)c1.